The van der Waals surface area contributed by atoms with Crippen molar-refractivity contribution in [1.29, 1.82) is 0 Å². The maximum absolute atomic E-state index is 5.47. The van der Waals surface area contributed by atoms with Crippen molar-refractivity contribution >= 4 is 16.7 Å². The fourth-order valence-corrected chi connectivity index (χ4v) is 2.70. The van der Waals surface area contributed by atoms with Gasteiger partial charge in [-0.2, -0.15) is 0 Å². The molecule has 112 valence electrons. The topological polar surface area (TPSA) is 50.7 Å². The number of nitrogens with zero attached hydrogens (tertiary/aromatic N) is 4. The van der Waals surface area contributed by atoms with Crippen LogP contribution in [0.3, 0.4) is 0 Å². The third-order valence-corrected chi connectivity index (χ3v) is 3.93. The van der Waals surface area contributed by atoms with Crippen molar-refractivity contribution in [1.82, 2.24) is 14.9 Å². The molecule has 0 saturated carbocycles. The highest BCUT2D eigenvalue weighted by molar-refractivity contribution is 5.95. The van der Waals surface area contributed by atoms with Crippen LogP contribution in [0, 0.1) is 0 Å². The second-order valence-electron chi connectivity index (χ2n) is 5.18. The van der Waals surface area contributed by atoms with E-state index in [1.54, 1.807) is 20.5 Å². The smallest absolute Gasteiger partial charge is 0.187 e. The number of fused-ring (bicyclic) bond motifs is 1. The normalized spacial score (nSPS) is 16.2. The molecule has 3 rings (SSSR count). The van der Waals surface area contributed by atoms with Crippen LogP contribution >= 0.6 is 0 Å². The fraction of sp³-hybridized carbons (Fsp3) is 0.467. The molecule has 1 aromatic heterocycles. The SMILES string of the molecule is COc1ccc2c(N3CCN(C)CC3)ncnc2c1OC. The van der Waals surface area contributed by atoms with Crippen molar-refractivity contribution in [2.75, 3.05) is 52.3 Å². The summed E-state index contributed by atoms with van der Waals surface area (Å²) in [4.78, 5) is 13.5. The zero-order valence-corrected chi connectivity index (χ0v) is 12.7. The quantitative estimate of drug-likeness (QED) is 0.851. The molecule has 0 radical (unpaired) electrons. The summed E-state index contributed by atoms with van der Waals surface area (Å²) in [5, 5.41) is 1.000. The molecule has 0 N–H and O–H groups in total. The van der Waals surface area contributed by atoms with Gasteiger partial charge in [-0.15, -0.1) is 0 Å². The van der Waals surface area contributed by atoms with Crippen molar-refractivity contribution in [2.24, 2.45) is 0 Å². The standard InChI is InChI=1S/C15H20N4O2/c1-18-6-8-19(9-7-18)15-11-4-5-12(20-2)14(21-3)13(11)16-10-17-15/h4-5,10H,6-9H2,1-3H3. The average molecular weight is 288 g/mol. The summed E-state index contributed by atoms with van der Waals surface area (Å²) >= 11 is 0. The minimum Gasteiger partial charge on any atom is -0.493 e. The van der Waals surface area contributed by atoms with E-state index in [0.717, 1.165) is 42.9 Å². The van der Waals surface area contributed by atoms with E-state index in [-0.39, 0.29) is 0 Å². The molecule has 1 saturated heterocycles. The summed E-state index contributed by atoms with van der Waals surface area (Å²) < 4.78 is 10.8. The van der Waals surface area contributed by atoms with Crippen LogP contribution in [-0.4, -0.2) is 62.3 Å². The lowest BCUT2D eigenvalue weighted by atomic mass is 10.2. The van der Waals surface area contributed by atoms with E-state index in [0.29, 0.717) is 11.5 Å². The van der Waals surface area contributed by atoms with Crippen LogP contribution < -0.4 is 14.4 Å². The van der Waals surface area contributed by atoms with Gasteiger partial charge < -0.3 is 19.3 Å². The summed E-state index contributed by atoms with van der Waals surface area (Å²) in [6.07, 6.45) is 1.60. The molecular formula is C15H20N4O2. The minimum atomic E-state index is 0.660. The first-order chi connectivity index (χ1) is 10.2. The molecule has 2 aromatic rings. The van der Waals surface area contributed by atoms with Crippen LogP contribution in [0.4, 0.5) is 5.82 Å². The molecule has 0 amide bonds. The first kappa shape index (κ1) is 13.9. The lowest BCUT2D eigenvalue weighted by molar-refractivity contribution is 0.312. The van der Waals surface area contributed by atoms with Crippen LogP contribution in [0.5, 0.6) is 11.5 Å². The number of anilines is 1. The molecule has 0 bridgehead atoms. The largest absolute Gasteiger partial charge is 0.493 e. The molecule has 0 atom stereocenters. The highest BCUT2D eigenvalue weighted by Crippen LogP contribution is 2.36. The van der Waals surface area contributed by atoms with Crippen molar-refractivity contribution in [2.45, 2.75) is 0 Å². The molecule has 0 spiro atoms. The van der Waals surface area contributed by atoms with Gasteiger partial charge in [-0.1, -0.05) is 0 Å². The number of methoxy groups -OCH3 is 2. The highest BCUT2D eigenvalue weighted by Gasteiger charge is 2.20. The number of benzene rings is 1. The molecule has 0 aliphatic carbocycles. The molecule has 1 aliphatic heterocycles. The van der Waals surface area contributed by atoms with E-state index in [1.165, 1.54) is 0 Å². The summed E-state index contributed by atoms with van der Waals surface area (Å²) in [6.45, 7) is 4.02. The first-order valence-corrected chi connectivity index (χ1v) is 7.03. The van der Waals surface area contributed by atoms with Gasteiger partial charge >= 0.3 is 0 Å². The van der Waals surface area contributed by atoms with Crippen LogP contribution in [0.25, 0.3) is 10.9 Å². The summed E-state index contributed by atoms with van der Waals surface area (Å²) in [7, 11) is 5.41. The third kappa shape index (κ3) is 2.47. The maximum atomic E-state index is 5.47. The molecule has 2 heterocycles. The van der Waals surface area contributed by atoms with E-state index in [1.807, 2.05) is 12.1 Å². The number of ether oxygens (including phenoxy) is 2. The van der Waals surface area contributed by atoms with Crippen LogP contribution in [0.2, 0.25) is 0 Å². The van der Waals surface area contributed by atoms with Crippen molar-refractivity contribution in [3.8, 4) is 11.5 Å². The Hall–Kier alpha value is -2.08. The Morgan fingerprint density at radius 1 is 1.00 bits per heavy atom. The fourth-order valence-electron chi connectivity index (χ4n) is 2.70. The Kier molecular flexibility index (Phi) is 3.79. The Bertz CT molecular complexity index is 639. The van der Waals surface area contributed by atoms with Gasteiger partial charge in [0.15, 0.2) is 11.5 Å². The third-order valence-electron chi connectivity index (χ3n) is 3.93. The van der Waals surface area contributed by atoms with Gasteiger partial charge in [-0.05, 0) is 19.2 Å². The number of rotatable bonds is 3. The maximum Gasteiger partial charge on any atom is 0.187 e. The van der Waals surface area contributed by atoms with E-state index >= 15 is 0 Å². The first-order valence-electron chi connectivity index (χ1n) is 7.03. The predicted molar refractivity (Wildman–Crippen MR) is 82.4 cm³/mol. The van der Waals surface area contributed by atoms with E-state index < -0.39 is 0 Å². The Balaban J connectivity index is 2.08. The Labute approximate surface area is 124 Å². The Morgan fingerprint density at radius 2 is 1.76 bits per heavy atom. The summed E-state index contributed by atoms with van der Waals surface area (Å²) in [5.74, 6) is 2.31. The van der Waals surface area contributed by atoms with Gasteiger partial charge in [0.25, 0.3) is 0 Å². The van der Waals surface area contributed by atoms with Crippen molar-refractivity contribution < 1.29 is 9.47 Å². The molecule has 1 aromatic carbocycles. The van der Waals surface area contributed by atoms with Gasteiger partial charge in [0, 0.05) is 31.6 Å². The van der Waals surface area contributed by atoms with Gasteiger partial charge in [0.2, 0.25) is 0 Å². The lowest BCUT2D eigenvalue weighted by Crippen LogP contribution is -2.44. The number of aromatic nitrogens is 2. The minimum absolute atomic E-state index is 0.660. The predicted octanol–water partition coefficient (Wildman–Crippen LogP) is 1.40. The monoisotopic (exact) mass is 288 g/mol. The zero-order valence-electron chi connectivity index (χ0n) is 12.7. The molecule has 21 heavy (non-hydrogen) atoms. The van der Waals surface area contributed by atoms with E-state index in [9.17, 15) is 0 Å². The van der Waals surface area contributed by atoms with Gasteiger partial charge in [-0.3, -0.25) is 0 Å². The molecule has 6 heteroatoms. The van der Waals surface area contributed by atoms with Gasteiger partial charge in [0.1, 0.15) is 17.7 Å². The number of piperazine rings is 1. The summed E-state index contributed by atoms with van der Waals surface area (Å²) in [5.41, 5.74) is 0.792. The number of hydrogen-bond acceptors (Lipinski definition) is 6. The van der Waals surface area contributed by atoms with E-state index in [4.69, 9.17) is 9.47 Å². The second-order valence-corrected chi connectivity index (χ2v) is 5.18. The highest BCUT2D eigenvalue weighted by atomic mass is 16.5. The number of hydrogen-bond donors (Lipinski definition) is 0. The van der Waals surface area contributed by atoms with Gasteiger partial charge in [-0.25, -0.2) is 9.97 Å². The van der Waals surface area contributed by atoms with Crippen molar-refractivity contribution in [3.63, 3.8) is 0 Å². The zero-order chi connectivity index (χ0) is 14.8. The molecule has 1 aliphatic rings. The summed E-state index contributed by atoms with van der Waals surface area (Å²) in [6, 6.07) is 3.91. The van der Waals surface area contributed by atoms with Crippen molar-refractivity contribution in [3.05, 3.63) is 18.5 Å². The number of likely N-dealkylation sites (N-methyl/N-ethyl adjacent to an activating group) is 1. The van der Waals surface area contributed by atoms with Crippen LogP contribution in [0.1, 0.15) is 0 Å². The van der Waals surface area contributed by atoms with Crippen LogP contribution in [0.15, 0.2) is 18.5 Å². The molecule has 6 nitrogen and oxygen atoms in total. The van der Waals surface area contributed by atoms with E-state index in [2.05, 4.69) is 26.8 Å². The molecule has 1 fully saturated rings. The lowest BCUT2D eigenvalue weighted by Gasteiger charge is -2.33. The second kappa shape index (κ2) is 5.73. The van der Waals surface area contributed by atoms with Crippen LogP contribution in [-0.2, 0) is 0 Å². The Morgan fingerprint density at radius 3 is 2.43 bits per heavy atom. The average Bonchev–Trinajstić information content (AvgIpc) is 2.53. The molecular weight excluding hydrogens is 268 g/mol. The van der Waals surface area contributed by atoms with Gasteiger partial charge in [0.05, 0.1) is 14.2 Å². The molecule has 0 unspecified atom stereocenters.